The molecule has 0 saturated heterocycles. The number of hydrogen-bond acceptors (Lipinski definition) is 2. The summed E-state index contributed by atoms with van der Waals surface area (Å²) < 4.78 is 1.71. The molecule has 0 saturated carbocycles. The van der Waals surface area contributed by atoms with E-state index in [-0.39, 0.29) is 5.78 Å². The molecule has 98 valence electrons. The lowest BCUT2D eigenvalue weighted by Gasteiger charge is -2.00. The van der Waals surface area contributed by atoms with Gasteiger partial charge in [-0.1, -0.05) is 42.0 Å². The molecule has 0 fully saturated rings. The molecule has 20 heavy (non-hydrogen) atoms. The van der Waals surface area contributed by atoms with Crippen LogP contribution in [0, 0.1) is 6.92 Å². The van der Waals surface area contributed by atoms with Crippen LogP contribution in [0.3, 0.4) is 0 Å². The number of aryl methyl sites for hydroxylation is 1. The predicted octanol–water partition coefficient (Wildman–Crippen LogP) is 3.41. The van der Waals surface area contributed by atoms with Crippen LogP contribution in [0.15, 0.2) is 67.0 Å². The third kappa shape index (κ3) is 2.38. The fourth-order valence-corrected chi connectivity index (χ4v) is 2.11. The maximum Gasteiger partial charge on any atom is 0.196 e. The van der Waals surface area contributed by atoms with Gasteiger partial charge < -0.3 is 0 Å². The Kier molecular flexibility index (Phi) is 3.17. The highest BCUT2D eigenvalue weighted by Gasteiger charge is 2.11. The van der Waals surface area contributed by atoms with Crippen molar-refractivity contribution in [3.05, 3.63) is 83.7 Å². The van der Waals surface area contributed by atoms with Gasteiger partial charge in [-0.2, -0.15) is 5.10 Å². The third-order valence-corrected chi connectivity index (χ3v) is 3.15. The van der Waals surface area contributed by atoms with E-state index in [0.717, 1.165) is 11.3 Å². The zero-order valence-corrected chi connectivity index (χ0v) is 11.2. The number of nitrogens with zero attached hydrogens (tertiary/aromatic N) is 2. The van der Waals surface area contributed by atoms with Crippen molar-refractivity contribution < 1.29 is 4.79 Å². The Balaban J connectivity index is 1.93. The highest BCUT2D eigenvalue weighted by atomic mass is 16.1. The second kappa shape index (κ2) is 5.13. The first-order valence-electron chi connectivity index (χ1n) is 6.45. The predicted molar refractivity (Wildman–Crippen MR) is 78.2 cm³/mol. The molecule has 1 aromatic heterocycles. The number of rotatable bonds is 3. The van der Waals surface area contributed by atoms with Crippen molar-refractivity contribution in [2.45, 2.75) is 6.92 Å². The quantitative estimate of drug-likeness (QED) is 0.678. The van der Waals surface area contributed by atoms with Crippen molar-refractivity contribution in [2.75, 3.05) is 0 Å². The number of para-hydroxylation sites is 1. The zero-order valence-electron chi connectivity index (χ0n) is 11.2. The zero-order chi connectivity index (χ0) is 13.9. The minimum Gasteiger partial charge on any atom is -0.288 e. The molecule has 0 N–H and O–H groups in total. The highest BCUT2D eigenvalue weighted by molar-refractivity contribution is 6.08. The average Bonchev–Trinajstić information content (AvgIpc) is 2.97. The van der Waals surface area contributed by atoms with Crippen LogP contribution in [0.25, 0.3) is 5.69 Å². The van der Waals surface area contributed by atoms with Gasteiger partial charge in [0.05, 0.1) is 17.4 Å². The van der Waals surface area contributed by atoms with E-state index < -0.39 is 0 Å². The Bertz CT molecular complexity index is 744. The van der Waals surface area contributed by atoms with Gasteiger partial charge in [0.25, 0.3) is 0 Å². The van der Waals surface area contributed by atoms with Gasteiger partial charge in [0, 0.05) is 11.8 Å². The number of benzene rings is 2. The Hall–Kier alpha value is -2.68. The SMILES string of the molecule is Cc1cccc(C(=O)c2cnn(-c3ccccc3)c2)c1. The van der Waals surface area contributed by atoms with Crippen molar-refractivity contribution in [1.29, 1.82) is 0 Å². The number of carbonyl (C=O) groups excluding carboxylic acids is 1. The fraction of sp³-hybridized carbons (Fsp3) is 0.0588. The van der Waals surface area contributed by atoms with Crippen molar-refractivity contribution in [2.24, 2.45) is 0 Å². The number of ketones is 1. The maximum absolute atomic E-state index is 12.4. The van der Waals surface area contributed by atoms with E-state index in [0.29, 0.717) is 11.1 Å². The Morgan fingerprint density at radius 2 is 1.80 bits per heavy atom. The third-order valence-electron chi connectivity index (χ3n) is 3.15. The summed E-state index contributed by atoms with van der Waals surface area (Å²) in [6.07, 6.45) is 3.37. The summed E-state index contributed by atoms with van der Waals surface area (Å²) >= 11 is 0. The fourth-order valence-electron chi connectivity index (χ4n) is 2.11. The second-order valence-electron chi connectivity index (χ2n) is 4.71. The molecule has 1 heterocycles. The van der Waals surface area contributed by atoms with Crippen molar-refractivity contribution in [3.8, 4) is 5.69 Å². The summed E-state index contributed by atoms with van der Waals surface area (Å²) in [7, 11) is 0. The molecule has 0 aliphatic carbocycles. The molecule has 3 aromatic rings. The largest absolute Gasteiger partial charge is 0.288 e. The summed E-state index contributed by atoms with van der Waals surface area (Å²) in [5, 5.41) is 4.25. The molecular weight excluding hydrogens is 248 g/mol. The molecule has 3 rings (SSSR count). The average molecular weight is 262 g/mol. The second-order valence-corrected chi connectivity index (χ2v) is 4.71. The van der Waals surface area contributed by atoms with Crippen LogP contribution in [-0.4, -0.2) is 15.6 Å². The van der Waals surface area contributed by atoms with Gasteiger partial charge in [0.2, 0.25) is 0 Å². The van der Waals surface area contributed by atoms with Crippen LogP contribution >= 0.6 is 0 Å². The summed E-state index contributed by atoms with van der Waals surface area (Å²) in [5.41, 5.74) is 3.30. The smallest absolute Gasteiger partial charge is 0.196 e. The van der Waals surface area contributed by atoms with Crippen LogP contribution in [0.4, 0.5) is 0 Å². The van der Waals surface area contributed by atoms with Gasteiger partial charge >= 0.3 is 0 Å². The molecule has 3 heteroatoms. The molecular formula is C17H14N2O. The molecule has 0 radical (unpaired) electrons. The van der Waals surface area contributed by atoms with Gasteiger partial charge in [0.15, 0.2) is 5.78 Å². The molecule has 0 bridgehead atoms. The van der Waals surface area contributed by atoms with Gasteiger partial charge in [-0.15, -0.1) is 0 Å². The van der Waals surface area contributed by atoms with Crippen LogP contribution in [0.1, 0.15) is 21.5 Å². The first kappa shape index (κ1) is 12.4. The van der Waals surface area contributed by atoms with Crippen molar-refractivity contribution in [3.63, 3.8) is 0 Å². The topological polar surface area (TPSA) is 34.9 Å². The van der Waals surface area contributed by atoms with Crippen LogP contribution < -0.4 is 0 Å². The number of carbonyl (C=O) groups is 1. The van der Waals surface area contributed by atoms with Crippen LogP contribution in [-0.2, 0) is 0 Å². The molecule has 0 amide bonds. The molecule has 0 spiro atoms. The Labute approximate surface area is 117 Å². The molecule has 2 aromatic carbocycles. The van der Waals surface area contributed by atoms with Crippen LogP contribution in [0.5, 0.6) is 0 Å². The first-order valence-corrected chi connectivity index (χ1v) is 6.45. The summed E-state index contributed by atoms with van der Waals surface area (Å²) in [4.78, 5) is 12.4. The van der Waals surface area contributed by atoms with E-state index in [2.05, 4.69) is 5.10 Å². The van der Waals surface area contributed by atoms with Crippen molar-refractivity contribution in [1.82, 2.24) is 9.78 Å². The van der Waals surface area contributed by atoms with Crippen molar-refractivity contribution >= 4 is 5.78 Å². The summed E-state index contributed by atoms with van der Waals surface area (Å²) in [6.45, 7) is 1.98. The van der Waals surface area contributed by atoms with Gasteiger partial charge in [-0.05, 0) is 25.1 Å². The lowest BCUT2D eigenvalue weighted by molar-refractivity contribution is 0.103. The van der Waals surface area contributed by atoms with E-state index in [9.17, 15) is 4.79 Å². The Morgan fingerprint density at radius 3 is 2.55 bits per heavy atom. The molecule has 0 aliphatic rings. The molecule has 0 unspecified atom stereocenters. The lowest BCUT2D eigenvalue weighted by Crippen LogP contribution is -2.00. The monoisotopic (exact) mass is 262 g/mol. The van der Waals surface area contributed by atoms with Crippen LogP contribution in [0.2, 0.25) is 0 Å². The number of hydrogen-bond donors (Lipinski definition) is 0. The van der Waals surface area contributed by atoms with Gasteiger partial charge in [-0.3, -0.25) is 4.79 Å². The van der Waals surface area contributed by atoms with E-state index in [1.165, 1.54) is 0 Å². The minimum atomic E-state index is -0.00381. The van der Waals surface area contributed by atoms with Gasteiger partial charge in [-0.25, -0.2) is 4.68 Å². The standard InChI is InChI=1S/C17H14N2O/c1-13-6-5-7-14(10-13)17(20)15-11-18-19(12-15)16-8-3-2-4-9-16/h2-12H,1H3. The summed E-state index contributed by atoms with van der Waals surface area (Å²) in [6, 6.07) is 17.3. The van der Waals surface area contributed by atoms with E-state index in [1.807, 2.05) is 61.5 Å². The van der Waals surface area contributed by atoms with E-state index >= 15 is 0 Å². The highest BCUT2D eigenvalue weighted by Crippen LogP contribution is 2.13. The molecule has 0 aliphatic heterocycles. The molecule has 0 atom stereocenters. The van der Waals surface area contributed by atoms with Gasteiger partial charge in [0.1, 0.15) is 0 Å². The number of aromatic nitrogens is 2. The molecule has 3 nitrogen and oxygen atoms in total. The minimum absolute atomic E-state index is 0.00381. The van der Waals surface area contributed by atoms with E-state index in [1.54, 1.807) is 17.1 Å². The Morgan fingerprint density at radius 1 is 1.00 bits per heavy atom. The summed E-state index contributed by atoms with van der Waals surface area (Å²) in [5.74, 6) is -0.00381. The first-order chi connectivity index (χ1) is 9.74. The normalized spacial score (nSPS) is 10.4. The lowest BCUT2D eigenvalue weighted by atomic mass is 10.0. The van der Waals surface area contributed by atoms with E-state index in [4.69, 9.17) is 0 Å². The maximum atomic E-state index is 12.4.